The molecule has 2 aromatic heterocycles. The van der Waals surface area contributed by atoms with Crippen LogP contribution in [-0.2, 0) is 11.3 Å². The highest BCUT2D eigenvalue weighted by Crippen LogP contribution is 2.26. The maximum atomic E-state index is 9.51. The number of nitrogens with zero attached hydrogens (tertiary/aromatic N) is 3. The lowest BCUT2D eigenvalue weighted by molar-refractivity contribution is 0.0528. The van der Waals surface area contributed by atoms with Crippen LogP contribution in [0.2, 0.25) is 0 Å². The zero-order chi connectivity index (χ0) is 11.8. The average Bonchev–Trinajstić information content (AvgIpc) is 2.88. The van der Waals surface area contributed by atoms with Gasteiger partial charge in [-0.15, -0.1) is 11.3 Å². The number of imidazole rings is 1. The minimum atomic E-state index is 0.0129. The zero-order valence-corrected chi connectivity index (χ0v) is 10.5. The lowest BCUT2D eigenvalue weighted by atomic mass is 10.3. The van der Waals surface area contributed by atoms with Gasteiger partial charge in [-0.05, 0) is 6.92 Å². The molecule has 1 fully saturated rings. The maximum Gasteiger partial charge on any atom is 0.195 e. The van der Waals surface area contributed by atoms with Gasteiger partial charge in [0, 0.05) is 24.7 Å². The number of hydrogen-bond donors (Lipinski definition) is 1. The highest BCUT2D eigenvalue weighted by atomic mass is 32.1. The summed E-state index contributed by atoms with van der Waals surface area (Å²) in [6.07, 6.45) is 2.17. The molecular weight excluding hydrogens is 238 g/mol. The maximum absolute atomic E-state index is 9.51. The minimum absolute atomic E-state index is 0.0129. The number of hydrogen-bond acceptors (Lipinski definition) is 5. The molecule has 1 aliphatic heterocycles. The zero-order valence-electron chi connectivity index (χ0n) is 9.67. The summed E-state index contributed by atoms with van der Waals surface area (Å²) >= 11 is 1.59. The van der Waals surface area contributed by atoms with Crippen LogP contribution in [0.3, 0.4) is 0 Å². The number of thiazole rings is 1. The molecule has 1 N–H and O–H groups in total. The average molecular weight is 253 g/mol. The van der Waals surface area contributed by atoms with Gasteiger partial charge < -0.3 is 14.7 Å². The van der Waals surface area contributed by atoms with Crippen molar-refractivity contribution in [3.05, 3.63) is 17.3 Å². The van der Waals surface area contributed by atoms with Crippen LogP contribution in [0.1, 0.15) is 12.6 Å². The summed E-state index contributed by atoms with van der Waals surface area (Å²) in [5.41, 5.74) is 0.871. The van der Waals surface area contributed by atoms with E-state index < -0.39 is 0 Å². The van der Waals surface area contributed by atoms with Gasteiger partial charge >= 0.3 is 0 Å². The number of rotatable bonds is 2. The standard InChI is InChI=1S/C11H15N3O2S/c1-8-6-13(2-4-16-8)10-9(7-15)14-3-5-17-11(14)12-10/h3,5,8,15H,2,4,6-7H2,1H3. The van der Waals surface area contributed by atoms with Crippen molar-refractivity contribution in [3.63, 3.8) is 0 Å². The molecule has 2 aromatic rings. The molecule has 0 radical (unpaired) electrons. The second-order valence-electron chi connectivity index (χ2n) is 4.22. The highest BCUT2D eigenvalue weighted by Gasteiger charge is 2.23. The van der Waals surface area contributed by atoms with Gasteiger partial charge in [0.15, 0.2) is 10.8 Å². The first-order chi connectivity index (χ1) is 8.29. The highest BCUT2D eigenvalue weighted by molar-refractivity contribution is 7.15. The molecule has 5 nitrogen and oxygen atoms in total. The van der Waals surface area contributed by atoms with Gasteiger partial charge in [0.2, 0.25) is 0 Å². The summed E-state index contributed by atoms with van der Waals surface area (Å²) in [6, 6.07) is 0. The summed E-state index contributed by atoms with van der Waals surface area (Å²) in [5.74, 6) is 0.898. The quantitative estimate of drug-likeness (QED) is 0.871. The van der Waals surface area contributed by atoms with Crippen molar-refractivity contribution in [2.24, 2.45) is 0 Å². The van der Waals surface area contributed by atoms with Crippen LogP contribution in [0, 0.1) is 0 Å². The first kappa shape index (κ1) is 11.0. The van der Waals surface area contributed by atoms with Gasteiger partial charge in [-0.25, -0.2) is 4.98 Å². The predicted octanol–water partition coefficient (Wildman–Crippen LogP) is 1.11. The van der Waals surface area contributed by atoms with E-state index in [2.05, 4.69) is 16.8 Å². The van der Waals surface area contributed by atoms with Crippen molar-refractivity contribution >= 4 is 22.1 Å². The fourth-order valence-corrected chi connectivity index (χ4v) is 2.96. The van der Waals surface area contributed by atoms with E-state index in [0.717, 1.165) is 36.2 Å². The molecule has 1 aliphatic rings. The molecule has 3 rings (SSSR count). The topological polar surface area (TPSA) is 50.0 Å². The molecule has 0 amide bonds. The molecule has 6 heteroatoms. The van der Waals surface area contributed by atoms with Crippen molar-refractivity contribution < 1.29 is 9.84 Å². The van der Waals surface area contributed by atoms with Crippen molar-refractivity contribution in [3.8, 4) is 0 Å². The molecule has 1 saturated heterocycles. The molecule has 17 heavy (non-hydrogen) atoms. The number of ether oxygens (including phenoxy) is 1. The van der Waals surface area contributed by atoms with E-state index in [0.29, 0.717) is 0 Å². The molecule has 92 valence electrons. The number of aliphatic hydroxyl groups is 1. The Labute approximate surface area is 103 Å². The summed E-state index contributed by atoms with van der Waals surface area (Å²) in [7, 11) is 0. The van der Waals surface area contributed by atoms with Crippen LogP contribution in [0.15, 0.2) is 11.6 Å². The van der Waals surface area contributed by atoms with Crippen LogP contribution in [0.4, 0.5) is 5.82 Å². The van der Waals surface area contributed by atoms with Crippen molar-refractivity contribution in [2.75, 3.05) is 24.6 Å². The molecule has 0 aromatic carbocycles. The lowest BCUT2D eigenvalue weighted by Gasteiger charge is -2.31. The number of aliphatic hydroxyl groups excluding tert-OH is 1. The van der Waals surface area contributed by atoms with Crippen molar-refractivity contribution in [1.82, 2.24) is 9.38 Å². The van der Waals surface area contributed by atoms with Gasteiger partial charge in [-0.3, -0.25) is 4.40 Å². The molecule has 1 unspecified atom stereocenters. The van der Waals surface area contributed by atoms with Crippen LogP contribution < -0.4 is 4.90 Å². The van der Waals surface area contributed by atoms with Crippen LogP contribution in [0.5, 0.6) is 0 Å². The Hall–Kier alpha value is -1.11. The van der Waals surface area contributed by atoms with Crippen molar-refractivity contribution in [1.29, 1.82) is 0 Å². The Bertz CT molecular complexity index is 522. The SMILES string of the molecule is CC1CN(c2nc3sccn3c2CO)CCO1. The van der Waals surface area contributed by atoms with Gasteiger partial charge in [-0.1, -0.05) is 0 Å². The Kier molecular flexibility index (Phi) is 2.78. The van der Waals surface area contributed by atoms with Gasteiger partial charge in [0.05, 0.1) is 25.0 Å². The fraction of sp³-hybridized carbons (Fsp3) is 0.545. The number of anilines is 1. The van der Waals surface area contributed by atoms with Gasteiger partial charge in [-0.2, -0.15) is 0 Å². The smallest absolute Gasteiger partial charge is 0.195 e. The first-order valence-corrected chi connectivity index (χ1v) is 6.59. The summed E-state index contributed by atoms with van der Waals surface area (Å²) in [4.78, 5) is 7.72. The third kappa shape index (κ3) is 1.82. The second kappa shape index (κ2) is 4.29. The van der Waals surface area contributed by atoms with Crippen LogP contribution in [0.25, 0.3) is 4.96 Å². The van der Waals surface area contributed by atoms with Gasteiger partial charge in [0.25, 0.3) is 0 Å². The largest absolute Gasteiger partial charge is 0.390 e. The number of morpholine rings is 1. The lowest BCUT2D eigenvalue weighted by Crippen LogP contribution is -2.41. The van der Waals surface area contributed by atoms with Crippen LogP contribution in [-0.4, -0.2) is 40.3 Å². The normalized spacial score (nSPS) is 21.3. The molecule has 3 heterocycles. The van der Waals surface area contributed by atoms with E-state index in [1.54, 1.807) is 11.3 Å². The van der Waals surface area contributed by atoms with E-state index in [1.165, 1.54) is 0 Å². The molecule has 0 aliphatic carbocycles. The third-order valence-electron chi connectivity index (χ3n) is 3.03. The Balaban J connectivity index is 2.00. The number of aromatic nitrogens is 2. The second-order valence-corrected chi connectivity index (χ2v) is 5.10. The monoisotopic (exact) mass is 253 g/mol. The molecule has 1 atom stereocenters. The van der Waals surface area contributed by atoms with E-state index in [1.807, 2.05) is 16.0 Å². The van der Waals surface area contributed by atoms with E-state index in [-0.39, 0.29) is 12.7 Å². The third-order valence-corrected chi connectivity index (χ3v) is 3.79. The molecule has 0 spiro atoms. The van der Waals surface area contributed by atoms with E-state index in [4.69, 9.17) is 4.74 Å². The van der Waals surface area contributed by atoms with Gasteiger partial charge in [0.1, 0.15) is 0 Å². The predicted molar refractivity (Wildman–Crippen MR) is 66.6 cm³/mol. The molecule has 0 saturated carbocycles. The summed E-state index contributed by atoms with van der Waals surface area (Å²) < 4.78 is 7.48. The number of fused-ring (bicyclic) bond motifs is 1. The van der Waals surface area contributed by atoms with Crippen molar-refractivity contribution in [2.45, 2.75) is 19.6 Å². The Morgan fingerprint density at radius 3 is 3.29 bits per heavy atom. The van der Waals surface area contributed by atoms with E-state index >= 15 is 0 Å². The summed E-state index contributed by atoms with van der Waals surface area (Å²) in [5, 5.41) is 11.5. The minimum Gasteiger partial charge on any atom is -0.390 e. The Morgan fingerprint density at radius 1 is 1.65 bits per heavy atom. The fourth-order valence-electron chi connectivity index (χ4n) is 2.23. The molecular formula is C11H15N3O2S. The Morgan fingerprint density at radius 2 is 2.53 bits per heavy atom. The van der Waals surface area contributed by atoms with Crippen LogP contribution >= 0.6 is 11.3 Å². The summed E-state index contributed by atoms with van der Waals surface area (Å²) in [6.45, 7) is 4.46. The molecule has 0 bridgehead atoms. The first-order valence-electron chi connectivity index (χ1n) is 5.71. The van der Waals surface area contributed by atoms with E-state index in [9.17, 15) is 5.11 Å².